The number of hydrogen-bond donors (Lipinski definition) is 2. The Morgan fingerprint density at radius 2 is 2.00 bits per heavy atom. The van der Waals surface area contributed by atoms with E-state index in [1.165, 1.54) is 25.7 Å². The van der Waals surface area contributed by atoms with E-state index in [1.54, 1.807) is 0 Å². The van der Waals surface area contributed by atoms with Crippen molar-refractivity contribution in [2.75, 3.05) is 6.54 Å². The summed E-state index contributed by atoms with van der Waals surface area (Å²) < 4.78 is 0. The molecule has 2 heterocycles. The molecular formula is C14H21N3O. The van der Waals surface area contributed by atoms with Crippen molar-refractivity contribution in [2.45, 2.75) is 51.5 Å². The van der Waals surface area contributed by atoms with Gasteiger partial charge in [-0.25, -0.2) is 4.98 Å². The van der Waals surface area contributed by atoms with Crippen LogP contribution in [0, 0.1) is 5.92 Å². The minimum atomic E-state index is 0.0702. The van der Waals surface area contributed by atoms with Gasteiger partial charge in [0.05, 0.1) is 11.3 Å². The number of fused-ring (bicyclic) bond motifs is 1. The van der Waals surface area contributed by atoms with Crippen LogP contribution in [0.3, 0.4) is 0 Å². The molecule has 0 amide bonds. The monoisotopic (exact) mass is 247 g/mol. The van der Waals surface area contributed by atoms with Crippen LogP contribution >= 0.6 is 0 Å². The molecule has 18 heavy (non-hydrogen) atoms. The average molecular weight is 247 g/mol. The highest BCUT2D eigenvalue weighted by atomic mass is 16.1. The van der Waals surface area contributed by atoms with Gasteiger partial charge in [0, 0.05) is 25.4 Å². The Hall–Kier alpha value is -1.16. The predicted octanol–water partition coefficient (Wildman–Crippen LogP) is 1.71. The largest absolute Gasteiger partial charge is 0.312 e. The first-order chi connectivity index (χ1) is 8.74. The van der Waals surface area contributed by atoms with Crippen LogP contribution in [-0.4, -0.2) is 16.5 Å². The Labute approximate surface area is 107 Å². The first-order valence-corrected chi connectivity index (χ1v) is 7.06. The Bertz CT molecular complexity index is 486. The number of hydrogen-bond acceptors (Lipinski definition) is 3. The molecule has 0 spiro atoms. The Kier molecular flexibility index (Phi) is 3.20. The number of aromatic amines is 1. The third-order valence-corrected chi connectivity index (χ3v) is 4.36. The Morgan fingerprint density at radius 1 is 1.22 bits per heavy atom. The van der Waals surface area contributed by atoms with Crippen molar-refractivity contribution in [3.8, 4) is 0 Å². The first-order valence-electron chi connectivity index (χ1n) is 7.06. The fraction of sp³-hybridized carbons (Fsp3) is 0.714. The fourth-order valence-corrected chi connectivity index (χ4v) is 3.10. The standard InChI is InChI=1S/C14H21N3O/c1-9-2-4-10(5-3-9)13-16-12-6-7-15-8-11(12)14(18)17-13/h9-10,15H,2-8H2,1H3,(H,16,17,18). The summed E-state index contributed by atoms with van der Waals surface area (Å²) in [6.07, 6.45) is 5.73. The summed E-state index contributed by atoms with van der Waals surface area (Å²) >= 11 is 0. The third kappa shape index (κ3) is 2.21. The van der Waals surface area contributed by atoms with E-state index >= 15 is 0 Å². The summed E-state index contributed by atoms with van der Waals surface area (Å²) in [4.78, 5) is 19.8. The van der Waals surface area contributed by atoms with Crippen LogP contribution in [0.2, 0.25) is 0 Å². The second-order valence-electron chi connectivity index (χ2n) is 5.76. The summed E-state index contributed by atoms with van der Waals surface area (Å²) in [5.41, 5.74) is 1.93. The highest BCUT2D eigenvalue weighted by Crippen LogP contribution is 2.33. The molecule has 2 N–H and O–H groups in total. The lowest BCUT2D eigenvalue weighted by Crippen LogP contribution is -2.33. The molecule has 0 aromatic carbocycles. The second-order valence-corrected chi connectivity index (χ2v) is 5.76. The normalized spacial score (nSPS) is 27.8. The van der Waals surface area contributed by atoms with E-state index in [0.29, 0.717) is 12.5 Å². The maximum absolute atomic E-state index is 12.1. The molecule has 4 heteroatoms. The number of H-pyrrole nitrogens is 1. The minimum absolute atomic E-state index is 0.0702. The van der Waals surface area contributed by atoms with Crippen molar-refractivity contribution in [3.63, 3.8) is 0 Å². The van der Waals surface area contributed by atoms with Gasteiger partial charge in [-0.1, -0.05) is 19.8 Å². The van der Waals surface area contributed by atoms with Crippen LogP contribution in [0.25, 0.3) is 0 Å². The molecule has 0 radical (unpaired) electrons. The molecule has 4 nitrogen and oxygen atoms in total. The second kappa shape index (κ2) is 4.84. The molecule has 1 aliphatic carbocycles. The van der Waals surface area contributed by atoms with Gasteiger partial charge in [-0.05, 0) is 18.8 Å². The van der Waals surface area contributed by atoms with Crippen LogP contribution in [0.1, 0.15) is 55.6 Å². The van der Waals surface area contributed by atoms with Crippen molar-refractivity contribution in [2.24, 2.45) is 5.92 Å². The molecule has 98 valence electrons. The molecule has 0 atom stereocenters. The van der Waals surface area contributed by atoms with E-state index in [4.69, 9.17) is 4.98 Å². The van der Waals surface area contributed by atoms with E-state index < -0.39 is 0 Å². The molecule has 0 bridgehead atoms. The Morgan fingerprint density at radius 3 is 2.78 bits per heavy atom. The van der Waals surface area contributed by atoms with Crippen LogP contribution < -0.4 is 10.9 Å². The van der Waals surface area contributed by atoms with Crippen molar-refractivity contribution >= 4 is 0 Å². The van der Waals surface area contributed by atoms with Crippen molar-refractivity contribution < 1.29 is 0 Å². The van der Waals surface area contributed by atoms with Gasteiger partial charge in [-0.3, -0.25) is 4.79 Å². The zero-order chi connectivity index (χ0) is 12.5. The maximum Gasteiger partial charge on any atom is 0.255 e. The van der Waals surface area contributed by atoms with E-state index in [-0.39, 0.29) is 5.56 Å². The lowest BCUT2D eigenvalue weighted by Gasteiger charge is -2.26. The quantitative estimate of drug-likeness (QED) is 0.794. The summed E-state index contributed by atoms with van der Waals surface area (Å²) in [6, 6.07) is 0. The van der Waals surface area contributed by atoms with Crippen LogP contribution in [-0.2, 0) is 13.0 Å². The lowest BCUT2D eigenvalue weighted by molar-refractivity contribution is 0.338. The first kappa shape index (κ1) is 11.9. The highest BCUT2D eigenvalue weighted by Gasteiger charge is 2.23. The average Bonchev–Trinajstić information content (AvgIpc) is 2.39. The van der Waals surface area contributed by atoms with Crippen LogP contribution in [0.15, 0.2) is 4.79 Å². The Balaban J connectivity index is 1.89. The molecular weight excluding hydrogens is 226 g/mol. The molecule has 1 aliphatic heterocycles. The van der Waals surface area contributed by atoms with Crippen molar-refractivity contribution in [1.29, 1.82) is 0 Å². The number of aromatic nitrogens is 2. The minimum Gasteiger partial charge on any atom is -0.312 e. The predicted molar refractivity (Wildman–Crippen MR) is 70.6 cm³/mol. The van der Waals surface area contributed by atoms with Crippen molar-refractivity contribution in [1.82, 2.24) is 15.3 Å². The van der Waals surface area contributed by atoms with Gasteiger partial charge in [0.15, 0.2) is 0 Å². The molecule has 2 aliphatic rings. The van der Waals surface area contributed by atoms with Crippen LogP contribution in [0.4, 0.5) is 0 Å². The van der Waals surface area contributed by atoms with Gasteiger partial charge in [0.1, 0.15) is 5.82 Å². The van der Waals surface area contributed by atoms with Gasteiger partial charge in [0.25, 0.3) is 5.56 Å². The van der Waals surface area contributed by atoms with E-state index in [2.05, 4.69) is 17.2 Å². The van der Waals surface area contributed by atoms with Gasteiger partial charge in [-0.2, -0.15) is 0 Å². The maximum atomic E-state index is 12.1. The molecule has 1 aromatic heterocycles. The highest BCUT2D eigenvalue weighted by molar-refractivity contribution is 5.21. The zero-order valence-electron chi connectivity index (χ0n) is 11.0. The van der Waals surface area contributed by atoms with E-state index in [0.717, 1.165) is 36.0 Å². The topological polar surface area (TPSA) is 57.8 Å². The summed E-state index contributed by atoms with van der Waals surface area (Å²) in [5, 5.41) is 3.23. The van der Waals surface area contributed by atoms with E-state index in [1.807, 2.05) is 0 Å². The van der Waals surface area contributed by atoms with Crippen molar-refractivity contribution in [3.05, 3.63) is 27.4 Å². The number of rotatable bonds is 1. The number of nitrogens with one attached hydrogen (secondary N) is 2. The molecule has 0 unspecified atom stereocenters. The summed E-state index contributed by atoms with van der Waals surface area (Å²) in [6.45, 7) is 3.91. The van der Waals surface area contributed by atoms with Gasteiger partial charge < -0.3 is 10.3 Å². The molecule has 0 saturated heterocycles. The summed E-state index contributed by atoms with van der Waals surface area (Å²) in [7, 11) is 0. The molecule has 3 rings (SSSR count). The molecule has 1 fully saturated rings. The smallest absolute Gasteiger partial charge is 0.255 e. The molecule has 1 aromatic rings. The zero-order valence-corrected chi connectivity index (χ0v) is 11.0. The number of nitrogens with zero attached hydrogens (tertiary/aromatic N) is 1. The molecule has 1 saturated carbocycles. The van der Waals surface area contributed by atoms with E-state index in [9.17, 15) is 4.79 Å². The third-order valence-electron chi connectivity index (χ3n) is 4.36. The summed E-state index contributed by atoms with van der Waals surface area (Å²) in [5.74, 6) is 2.23. The van der Waals surface area contributed by atoms with Gasteiger partial charge in [-0.15, -0.1) is 0 Å². The van der Waals surface area contributed by atoms with Gasteiger partial charge in [0.2, 0.25) is 0 Å². The lowest BCUT2D eigenvalue weighted by atomic mass is 9.82. The van der Waals surface area contributed by atoms with Gasteiger partial charge >= 0.3 is 0 Å². The fourth-order valence-electron chi connectivity index (χ4n) is 3.10. The van der Waals surface area contributed by atoms with Crippen LogP contribution in [0.5, 0.6) is 0 Å². The SMILES string of the molecule is CC1CCC(c2nc3c(c(=O)[nH]2)CNCC3)CC1.